The summed E-state index contributed by atoms with van der Waals surface area (Å²) in [4.78, 5) is 0. The smallest absolute Gasteiger partial charge is 0.360 e. The van der Waals surface area contributed by atoms with E-state index < -0.39 is 0 Å². The highest BCUT2D eigenvalue weighted by atomic mass is 16.5. The Morgan fingerprint density at radius 1 is 0.850 bits per heavy atom. The topological polar surface area (TPSA) is 52.7 Å². The van der Waals surface area contributed by atoms with Crippen molar-refractivity contribution in [3.05, 3.63) is 71.6 Å². The van der Waals surface area contributed by atoms with Crippen molar-refractivity contribution in [2.75, 3.05) is 0 Å². The van der Waals surface area contributed by atoms with Gasteiger partial charge in [0.05, 0.1) is 10.7 Å². The molecule has 98 valence electrons. The molecule has 0 saturated carbocycles. The monoisotopic (exact) mass is 263 g/mol. The second kappa shape index (κ2) is 5.09. The predicted molar refractivity (Wildman–Crippen MR) is 76.6 cm³/mol. The molecule has 1 aromatic heterocycles. The summed E-state index contributed by atoms with van der Waals surface area (Å²) in [6.45, 7) is 2.02. The van der Waals surface area contributed by atoms with Crippen LogP contribution in [0.5, 0.6) is 0 Å². The van der Waals surface area contributed by atoms with E-state index in [9.17, 15) is 5.21 Å². The largest absolute Gasteiger partial charge is 0.710 e. The number of benzene rings is 2. The van der Waals surface area contributed by atoms with Crippen LogP contribution in [0.1, 0.15) is 5.56 Å². The van der Waals surface area contributed by atoms with Gasteiger partial charge in [-0.3, -0.25) is 0 Å². The van der Waals surface area contributed by atoms with E-state index in [1.54, 1.807) is 0 Å². The standard InChI is InChI=1S/C16H13N3O/c1-12-7-9-13(10-8-12)15-11-19(20)16(18-17-15)14-5-3-2-4-6-14/h2-11H,1H3. The van der Waals surface area contributed by atoms with E-state index >= 15 is 0 Å². The molecule has 1 heterocycles. The van der Waals surface area contributed by atoms with Gasteiger partial charge in [-0.05, 0) is 24.2 Å². The van der Waals surface area contributed by atoms with Crippen LogP contribution in [0.3, 0.4) is 0 Å². The van der Waals surface area contributed by atoms with Crippen molar-refractivity contribution in [1.29, 1.82) is 0 Å². The summed E-state index contributed by atoms with van der Waals surface area (Å²) in [5.41, 5.74) is 3.37. The lowest BCUT2D eigenvalue weighted by Crippen LogP contribution is -2.31. The summed E-state index contributed by atoms with van der Waals surface area (Å²) in [5.74, 6) is 0.307. The molecule has 0 aliphatic rings. The third kappa shape index (κ3) is 2.36. The van der Waals surface area contributed by atoms with Gasteiger partial charge in [-0.25, -0.2) is 4.73 Å². The molecular weight excluding hydrogens is 250 g/mol. The Bertz CT molecular complexity index is 724. The van der Waals surface area contributed by atoms with E-state index in [1.807, 2.05) is 61.5 Å². The first-order valence-corrected chi connectivity index (χ1v) is 6.33. The van der Waals surface area contributed by atoms with Crippen LogP contribution in [0.4, 0.5) is 0 Å². The minimum atomic E-state index is 0.307. The number of aromatic nitrogens is 3. The van der Waals surface area contributed by atoms with Gasteiger partial charge in [0.25, 0.3) is 0 Å². The molecule has 0 radical (unpaired) electrons. The van der Waals surface area contributed by atoms with Crippen molar-refractivity contribution >= 4 is 0 Å². The molecule has 3 rings (SSSR count). The maximum Gasteiger partial charge on any atom is 0.360 e. The first-order valence-electron chi connectivity index (χ1n) is 6.33. The SMILES string of the molecule is Cc1ccc(-c2c[n+]([O-])c(-c3ccccc3)nn2)cc1. The Balaban J connectivity index is 2.01. The van der Waals surface area contributed by atoms with E-state index in [4.69, 9.17) is 0 Å². The first kappa shape index (κ1) is 12.3. The van der Waals surface area contributed by atoms with Gasteiger partial charge in [-0.2, -0.15) is 0 Å². The van der Waals surface area contributed by atoms with Gasteiger partial charge in [0.15, 0.2) is 5.69 Å². The molecule has 0 N–H and O–H groups in total. The molecule has 0 aliphatic heterocycles. The van der Waals surface area contributed by atoms with E-state index in [0.29, 0.717) is 11.5 Å². The summed E-state index contributed by atoms with van der Waals surface area (Å²) in [5, 5.41) is 20.3. The molecule has 0 spiro atoms. The third-order valence-corrected chi connectivity index (χ3v) is 3.08. The highest BCUT2D eigenvalue weighted by Crippen LogP contribution is 2.17. The van der Waals surface area contributed by atoms with Gasteiger partial charge in [0, 0.05) is 5.56 Å². The molecule has 4 heteroatoms. The Kier molecular flexibility index (Phi) is 3.13. The molecular formula is C16H13N3O. The molecule has 0 amide bonds. The number of hydrogen-bond donors (Lipinski definition) is 0. The lowest BCUT2D eigenvalue weighted by molar-refractivity contribution is -0.596. The molecule has 0 bridgehead atoms. The maximum absolute atomic E-state index is 12.1. The first-order chi connectivity index (χ1) is 9.74. The number of aryl methyl sites for hydroxylation is 1. The van der Waals surface area contributed by atoms with Gasteiger partial charge >= 0.3 is 5.82 Å². The molecule has 0 unspecified atom stereocenters. The molecule has 3 aromatic rings. The van der Waals surface area contributed by atoms with Gasteiger partial charge in [0.2, 0.25) is 0 Å². The van der Waals surface area contributed by atoms with Crippen molar-refractivity contribution < 1.29 is 4.73 Å². The van der Waals surface area contributed by atoms with E-state index in [1.165, 1.54) is 6.20 Å². The van der Waals surface area contributed by atoms with E-state index in [0.717, 1.165) is 21.4 Å². The van der Waals surface area contributed by atoms with Crippen LogP contribution in [-0.4, -0.2) is 10.2 Å². The maximum atomic E-state index is 12.1. The van der Waals surface area contributed by atoms with Gasteiger partial charge in [0.1, 0.15) is 6.20 Å². The molecule has 0 fully saturated rings. The fourth-order valence-electron chi connectivity index (χ4n) is 1.97. The number of rotatable bonds is 2. The number of hydrogen-bond acceptors (Lipinski definition) is 3. The summed E-state index contributed by atoms with van der Waals surface area (Å²) < 4.78 is 0.761. The van der Waals surface area contributed by atoms with Crippen LogP contribution in [0.25, 0.3) is 22.6 Å². The molecule has 2 aromatic carbocycles. The molecule has 4 nitrogen and oxygen atoms in total. The highest BCUT2D eigenvalue weighted by molar-refractivity contribution is 5.58. The van der Waals surface area contributed by atoms with Crippen LogP contribution in [0, 0.1) is 12.1 Å². The van der Waals surface area contributed by atoms with Crippen molar-refractivity contribution in [3.8, 4) is 22.6 Å². The Hall–Kier alpha value is -2.75. The zero-order valence-electron chi connectivity index (χ0n) is 11.0. The molecule has 0 aliphatic carbocycles. The summed E-state index contributed by atoms with van der Waals surface area (Å²) in [7, 11) is 0. The van der Waals surface area contributed by atoms with Crippen LogP contribution in [0.15, 0.2) is 60.8 Å². The lowest BCUT2D eigenvalue weighted by Gasteiger charge is -2.06. The zero-order valence-corrected chi connectivity index (χ0v) is 11.0. The quantitative estimate of drug-likeness (QED) is 0.527. The van der Waals surface area contributed by atoms with Gasteiger partial charge < -0.3 is 5.21 Å². The highest BCUT2D eigenvalue weighted by Gasteiger charge is 2.14. The minimum Gasteiger partial charge on any atom is -0.710 e. The van der Waals surface area contributed by atoms with Crippen molar-refractivity contribution in [1.82, 2.24) is 10.2 Å². The van der Waals surface area contributed by atoms with Crippen LogP contribution < -0.4 is 4.73 Å². The molecule has 0 atom stereocenters. The minimum absolute atomic E-state index is 0.307. The zero-order chi connectivity index (χ0) is 13.9. The van der Waals surface area contributed by atoms with Crippen LogP contribution in [-0.2, 0) is 0 Å². The number of nitrogens with zero attached hydrogens (tertiary/aromatic N) is 3. The van der Waals surface area contributed by atoms with E-state index in [-0.39, 0.29) is 0 Å². The Labute approximate surface area is 116 Å². The van der Waals surface area contributed by atoms with Gasteiger partial charge in [-0.15, -0.1) is 0 Å². The summed E-state index contributed by atoms with van der Waals surface area (Å²) in [6.07, 6.45) is 1.46. The second-order valence-corrected chi connectivity index (χ2v) is 4.60. The van der Waals surface area contributed by atoms with Crippen molar-refractivity contribution in [2.45, 2.75) is 6.92 Å². The predicted octanol–water partition coefficient (Wildman–Crippen LogP) is 2.75. The molecule has 20 heavy (non-hydrogen) atoms. The van der Waals surface area contributed by atoms with Crippen molar-refractivity contribution in [2.24, 2.45) is 0 Å². The second-order valence-electron chi connectivity index (χ2n) is 4.60. The van der Waals surface area contributed by atoms with Crippen LogP contribution >= 0.6 is 0 Å². The fourth-order valence-corrected chi connectivity index (χ4v) is 1.97. The van der Waals surface area contributed by atoms with Crippen LogP contribution in [0.2, 0.25) is 0 Å². The average molecular weight is 263 g/mol. The van der Waals surface area contributed by atoms with E-state index in [2.05, 4.69) is 10.2 Å². The lowest BCUT2D eigenvalue weighted by atomic mass is 10.1. The average Bonchev–Trinajstić information content (AvgIpc) is 2.49. The fraction of sp³-hybridized carbons (Fsp3) is 0.0625. The Morgan fingerprint density at radius 2 is 1.55 bits per heavy atom. The third-order valence-electron chi connectivity index (χ3n) is 3.08. The summed E-state index contributed by atoms with van der Waals surface area (Å²) in [6, 6.07) is 17.1. The summed E-state index contributed by atoms with van der Waals surface area (Å²) >= 11 is 0. The molecule has 0 saturated heterocycles. The normalized spacial score (nSPS) is 10.4. The Morgan fingerprint density at radius 3 is 2.20 bits per heavy atom. The van der Waals surface area contributed by atoms with Crippen molar-refractivity contribution in [3.63, 3.8) is 0 Å². The van der Waals surface area contributed by atoms with Gasteiger partial charge in [-0.1, -0.05) is 48.0 Å².